The molecule has 2 N–H and O–H groups in total. The van der Waals surface area contributed by atoms with Crippen molar-refractivity contribution < 1.29 is 8.42 Å². The van der Waals surface area contributed by atoms with Gasteiger partial charge in [-0.1, -0.05) is 11.6 Å². The van der Waals surface area contributed by atoms with Crippen molar-refractivity contribution in [2.45, 2.75) is 24.8 Å². The molecular formula is C12H18ClN3O2S2. The highest BCUT2D eigenvalue weighted by Crippen LogP contribution is 2.26. The molecule has 0 bridgehead atoms. The molecule has 0 fully saturated rings. The van der Waals surface area contributed by atoms with Crippen LogP contribution in [0.4, 0.5) is 5.69 Å². The molecule has 20 heavy (non-hydrogen) atoms. The minimum absolute atomic E-state index is 0.0431. The zero-order valence-electron chi connectivity index (χ0n) is 11.8. The van der Waals surface area contributed by atoms with Gasteiger partial charge in [0.05, 0.1) is 5.02 Å². The summed E-state index contributed by atoms with van der Waals surface area (Å²) in [6, 6.07) is 4.85. The van der Waals surface area contributed by atoms with Gasteiger partial charge in [0.1, 0.15) is 4.90 Å². The van der Waals surface area contributed by atoms with Gasteiger partial charge >= 0.3 is 0 Å². The molecule has 0 spiro atoms. The van der Waals surface area contributed by atoms with Gasteiger partial charge in [-0.2, -0.15) is 0 Å². The van der Waals surface area contributed by atoms with Crippen LogP contribution in [-0.4, -0.2) is 38.0 Å². The Balaban J connectivity index is 3.07. The molecule has 1 rings (SSSR count). The minimum atomic E-state index is -3.59. The van der Waals surface area contributed by atoms with Gasteiger partial charge in [-0.15, -0.1) is 0 Å². The van der Waals surface area contributed by atoms with Crippen molar-refractivity contribution in [1.29, 1.82) is 0 Å². The van der Waals surface area contributed by atoms with E-state index in [2.05, 4.69) is 10.6 Å². The predicted molar refractivity (Wildman–Crippen MR) is 86.8 cm³/mol. The lowest BCUT2D eigenvalue weighted by atomic mass is 10.3. The Morgan fingerprint density at radius 3 is 2.45 bits per heavy atom. The lowest BCUT2D eigenvalue weighted by molar-refractivity contribution is 0.521. The van der Waals surface area contributed by atoms with E-state index >= 15 is 0 Å². The molecule has 8 heteroatoms. The van der Waals surface area contributed by atoms with Crippen molar-refractivity contribution in [3.63, 3.8) is 0 Å². The molecule has 1 aromatic carbocycles. The van der Waals surface area contributed by atoms with E-state index in [1.807, 2.05) is 13.8 Å². The number of benzene rings is 1. The summed E-state index contributed by atoms with van der Waals surface area (Å²) >= 11 is 11.1. The van der Waals surface area contributed by atoms with Crippen molar-refractivity contribution in [3.8, 4) is 0 Å². The number of sulfonamides is 1. The Hall–Kier alpha value is -0.890. The van der Waals surface area contributed by atoms with Gasteiger partial charge in [-0.3, -0.25) is 0 Å². The fourth-order valence-corrected chi connectivity index (χ4v) is 3.15. The van der Waals surface area contributed by atoms with E-state index in [0.29, 0.717) is 10.8 Å². The Kier molecular flexibility index (Phi) is 5.76. The standard InChI is InChI=1S/C12H18ClN3O2S2/c1-8(2)14-12(19)15-9-5-6-10(13)11(7-9)20(17,18)16(3)4/h5-8H,1-4H3,(H2,14,15,19). The summed E-state index contributed by atoms with van der Waals surface area (Å²) in [6.07, 6.45) is 0. The normalized spacial score (nSPS) is 11.8. The van der Waals surface area contributed by atoms with E-state index in [1.54, 1.807) is 6.07 Å². The largest absolute Gasteiger partial charge is 0.360 e. The first-order chi connectivity index (χ1) is 9.14. The van der Waals surface area contributed by atoms with Crippen LogP contribution in [0.1, 0.15) is 13.8 Å². The first kappa shape index (κ1) is 17.2. The molecule has 0 aliphatic carbocycles. The minimum Gasteiger partial charge on any atom is -0.360 e. The van der Waals surface area contributed by atoms with Crippen molar-refractivity contribution >= 4 is 44.6 Å². The Morgan fingerprint density at radius 2 is 1.95 bits per heavy atom. The highest BCUT2D eigenvalue weighted by Gasteiger charge is 2.21. The van der Waals surface area contributed by atoms with E-state index in [4.69, 9.17) is 23.8 Å². The smallest absolute Gasteiger partial charge is 0.244 e. The average molecular weight is 336 g/mol. The summed E-state index contributed by atoms with van der Waals surface area (Å²) in [6.45, 7) is 3.91. The van der Waals surface area contributed by atoms with Crippen LogP contribution in [0.5, 0.6) is 0 Å². The third-order valence-corrected chi connectivity index (χ3v) is 4.88. The van der Waals surface area contributed by atoms with Crippen molar-refractivity contribution in [2.75, 3.05) is 19.4 Å². The van der Waals surface area contributed by atoms with E-state index < -0.39 is 10.0 Å². The summed E-state index contributed by atoms with van der Waals surface area (Å²) in [5.74, 6) is 0. The molecule has 112 valence electrons. The first-order valence-corrected chi connectivity index (χ1v) is 8.17. The monoisotopic (exact) mass is 335 g/mol. The highest BCUT2D eigenvalue weighted by atomic mass is 35.5. The van der Waals surface area contributed by atoms with Crippen LogP contribution in [-0.2, 0) is 10.0 Å². The van der Waals surface area contributed by atoms with Gasteiger partial charge in [0.25, 0.3) is 0 Å². The number of nitrogens with zero attached hydrogens (tertiary/aromatic N) is 1. The lowest BCUT2D eigenvalue weighted by Crippen LogP contribution is -2.34. The van der Waals surface area contributed by atoms with Gasteiger partial charge in [-0.25, -0.2) is 12.7 Å². The van der Waals surface area contributed by atoms with Crippen molar-refractivity contribution in [2.24, 2.45) is 0 Å². The number of nitrogens with one attached hydrogen (secondary N) is 2. The zero-order valence-corrected chi connectivity index (χ0v) is 14.2. The third-order valence-electron chi connectivity index (χ3n) is 2.37. The number of anilines is 1. The molecule has 1 aromatic rings. The molecule has 0 aliphatic heterocycles. The molecule has 0 amide bonds. The Morgan fingerprint density at radius 1 is 1.35 bits per heavy atom. The maximum absolute atomic E-state index is 12.1. The SMILES string of the molecule is CC(C)NC(=S)Nc1ccc(Cl)c(S(=O)(=O)N(C)C)c1. The summed E-state index contributed by atoms with van der Waals surface area (Å²) in [4.78, 5) is 0.0431. The Labute approximate surface area is 130 Å². The second-order valence-corrected chi connectivity index (χ2v) is 7.62. The maximum atomic E-state index is 12.1. The molecule has 0 radical (unpaired) electrons. The Bertz CT molecular complexity index is 601. The van der Waals surface area contributed by atoms with E-state index in [1.165, 1.54) is 26.2 Å². The zero-order chi connectivity index (χ0) is 15.5. The fourth-order valence-electron chi connectivity index (χ4n) is 1.40. The van der Waals surface area contributed by atoms with Gasteiger partial charge < -0.3 is 10.6 Å². The number of hydrogen-bond donors (Lipinski definition) is 2. The van der Waals surface area contributed by atoms with Crippen LogP contribution in [0, 0.1) is 0 Å². The van der Waals surface area contributed by atoms with Crippen LogP contribution in [0.2, 0.25) is 5.02 Å². The summed E-state index contributed by atoms with van der Waals surface area (Å²) in [7, 11) is -0.681. The van der Waals surface area contributed by atoms with E-state index in [9.17, 15) is 8.42 Å². The first-order valence-electron chi connectivity index (χ1n) is 5.94. The maximum Gasteiger partial charge on any atom is 0.244 e. The number of hydrogen-bond acceptors (Lipinski definition) is 3. The fraction of sp³-hybridized carbons (Fsp3) is 0.417. The van der Waals surface area contributed by atoms with E-state index in [-0.39, 0.29) is 16.0 Å². The lowest BCUT2D eigenvalue weighted by Gasteiger charge is -2.16. The molecule has 0 heterocycles. The number of halogens is 1. The van der Waals surface area contributed by atoms with Crippen LogP contribution < -0.4 is 10.6 Å². The highest BCUT2D eigenvalue weighted by molar-refractivity contribution is 7.89. The second kappa shape index (κ2) is 6.71. The van der Waals surface area contributed by atoms with Crippen LogP contribution in [0.3, 0.4) is 0 Å². The molecule has 0 aromatic heterocycles. The molecule has 0 saturated heterocycles. The molecule has 5 nitrogen and oxygen atoms in total. The van der Waals surface area contributed by atoms with Gasteiger partial charge in [0.2, 0.25) is 10.0 Å². The summed E-state index contributed by atoms with van der Waals surface area (Å²) < 4.78 is 25.4. The second-order valence-electron chi connectivity index (χ2n) is 4.69. The molecule has 0 atom stereocenters. The van der Waals surface area contributed by atoms with E-state index in [0.717, 1.165) is 4.31 Å². The third kappa shape index (κ3) is 4.31. The van der Waals surface area contributed by atoms with Gasteiger partial charge in [0.15, 0.2) is 5.11 Å². The number of thiocarbonyl (C=S) groups is 1. The molecule has 0 saturated carbocycles. The predicted octanol–water partition coefficient (Wildman–Crippen LogP) is 2.29. The van der Waals surface area contributed by atoms with Crippen LogP contribution in [0.25, 0.3) is 0 Å². The summed E-state index contributed by atoms with van der Waals surface area (Å²) in [5.41, 5.74) is 0.563. The quantitative estimate of drug-likeness (QED) is 0.827. The number of rotatable bonds is 4. The van der Waals surface area contributed by atoms with Crippen LogP contribution in [0.15, 0.2) is 23.1 Å². The topological polar surface area (TPSA) is 61.4 Å². The molecule has 0 unspecified atom stereocenters. The van der Waals surface area contributed by atoms with Crippen molar-refractivity contribution in [3.05, 3.63) is 23.2 Å². The molecular weight excluding hydrogens is 318 g/mol. The van der Waals surface area contributed by atoms with Gasteiger partial charge in [-0.05, 0) is 44.3 Å². The van der Waals surface area contributed by atoms with Gasteiger partial charge in [0, 0.05) is 25.8 Å². The summed E-state index contributed by atoms with van der Waals surface area (Å²) in [5, 5.41) is 6.54. The molecule has 0 aliphatic rings. The van der Waals surface area contributed by atoms with Crippen LogP contribution >= 0.6 is 23.8 Å². The average Bonchev–Trinajstić information content (AvgIpc) is 2.30. The van der Waals surface area contributed by atoms with Crippen molar-refractivity contribution in [1.82, 2.24) is 9.62 Å².